The van der Waals surface area contributed by atoms with Crippen molar-refractivity contribution in [3.63, 3.8) is 0 Å². The van der Waals surface area contributed by atoms with Crippen LogP contribution in [0.1, 0.15) is 25.3 Å². The van der Waals surface area contributed by atoms with Crippen LogP contribution in [0.25, 0.3) is 0 Å². The average Bonchev–Trinajstić information content (AvgIpc) is 3.03. The van der Waals surface area contributed by atoms with Crippen LogP contribution in [-0.2, 0) is 11.3 Å². The molecule has 0 saturated carbocycles. The third kappa shape index (κ3) is 6.90. The molecule has 2 heterocycles. The molecule has 0 spiro atoms. The third-order valence-corrected chi connectivity index (χ3v) is 3.55. The minimum absolute atomic E-state index is 0. The van der Waals surface area contributed by atoms with Gasteiger partial charge in [0.25, 0.3) is 0 Å². The number of nitrogens with zero attached hydrogens (tertiary/aromatic N) is 3. The summed E-state index contributed by atoms with van der Waals surface area (Å²) in [6.07, 6.45) is 4.42. The zero-order valence-corrected chi connectivity index (χ0v) is 16.5. The van der Waals surface area contributed by atoms with Gasteiger partial charge in [0.05, 0.1) is 12.6 Å². The maximum atomic E-state index is 5.63. The van der Waals surface area contributed by atoms with E-state index in [1.54, 1.807) is 0 Å². The van der Waals surface area contributed by atoms with Crippen molar-refractivity contribution in [1.29, 1.82) is 0 Å². The summed E-state index contributed by atoms with van der Waals surface area (Å²) in [4.78, 5) is 11.0. The number of rotatable bonds is 6. The number of hydrogen-bond acceptors (Lipinski definition) is 4. The number of guanidine groups is 1. The highest BCUT2D eigenvalue weighted by atomic mass is 127. The van der Waals surface area contributed by atoms with Gasteiger partial charge in [0.2, 0.25) is 0 Å². The first-order valence-corrected chi connectivity index (χ1v) is 7.95. The molecule has 1 aromatic heterocycles. The molecule has 1 aliphatic rings. The van der Waals surface area contributed by atoms with E-state index in [1.807, 2.05) is 31.3 Å². The van der Waals surface area contributed by atoms with E-state index in [0.29, 0.717) is 12.6 Å². The van der Waals surface area contributed by atoms with Crippen molar-refractivity contribution < 1.29 is 4.74 Å². The number of aliphatic imine (C=N–C) groups is 1. The van der Waals surface area contributed by atoms with Crippen LogP contribution in [0.2, 0.25) is 0 Å². The van der Waals surface area contributed by atoms with Gasteiger partial charge in [-0.25, -0.2) is 9.98 Å². The van der Waals surface area contributed by atoms with Crippen molar-refractivity contribution in [2.24, 2.45) is 4.99 Å². The monoisotopic (exact) mass is 433 g/mol. The summed E-state index contributed by atoms with van der Waals surface area (Å²) < 4.78 is 5.63. The van der Waals surface area contributed by atoms with Crippen molar-refractivity contribution in [3.8, 4) is 0 Å². The van der Waals surface area contributed by atoms with Crippen LogP contribution in [0.4, 0.5) is 5.82 Å². The normalized spacial score (nSPS) is 17.5. The lowest BCUT2D eigenvalue weighted by molar-refractivity contribution is 0.114. The molecule has 1 atom stereocenters. The highest BCUT2D eigenvalue weighted by Gasteiger charge is 2.15. The zero-order valence-electron chi connectivity index (χ0n) is 14.2. The Kier molecular flexibility index (Phi) is 9.23. The lowest BCUT2D eigenvalue weighted by Gasteiger charge is -2.15. The Labute approximate surface area is 156 Å². The molecular formula is C16H28IN5O. The number of hydrogen-bond donors (Lipinski definition) is 2. The van der Waals surface area contributed by atoms with E-state index < -0.39 is 0 Å². The topological polar surface area (TPSA) is 61.8 Å². The van der Waals surface area contributed by atoms with Crippen LogP contribution in [-0.4, -0.2) is 50.8 Å². The third-order valence-electron chi connectivity index (χ3n) is 3.55. The van der Waals surface area contributed by atoms with Gasteiger partial charge in [0.15, 0.2) is 5.96 Å². The van der Waals surface area contributed by atoms with Gasteiger partial charge in [0.1, 0.15) is 5.82 Å². The van der Waals surface area contributed by atoms with Crippen LogP contribution in [0.5, 0.6) is 0 Å². The van der Waals surface area contributed by atoms with E-state index >= 15 is 0 Å². The predicted octanol–water partition coefficient (Wildman–Crippen LogP) is 2.00. The number of aromatic nitrogens is 1. The van der Waals surface area contributed by atoms with Crippen molar-refractivity contribution >= 4 is 35.8 Å². The fraction of sp³-hybridized carbons (Fsp3) is 0.625. The summed E-state index contributed by atoms with van der Waals surface area (Å²) in [5, 5.41) is 6.63. The maximum absolute atomic E-state index is 5.63. The fourth-order valence-electron chi connectivity index (χ4n) is 2.33. The average molecular weight is 433 g/mol. The first-order chi connectivity index (χ1) is 10.7. The molecule has 0 amide bonds. The molecule has 0 bridgehead atoms. The SMILES string of the molecule is CCNC(=NCc1ccnc(N(C)C)c1)NCC1CCCO1.I. The summed E-state index contributed by atoms with van der Waals surface area (Å²) in [5.41, 5.74) is 1.15. The van der Waals surface area contributed by atoms with Gasteiger partial charge < -0.3 is 20.3 Å². The van der Waals surface area contributed by atoms with Gasteiger partial charge in [-0.1, -0.05) is 0 Å². The van der Waals surface area contributed by atoms with Crippen molar-refractivity contribution in [3.05, 3.63) is 23.9 Å². The van der Waals surface area contributed by atoms with E-state index in [1.165, 1.54) is 0 Å². The highest BCUT2D eigenvalue weighted by molar-refractivity contribution is 14.0. The molecule has 6 nitrogen and oxygen atoms in total. The lowest BCUT2D eigenvalue weighted by atomic mass is 10.2. The summed E-state index contributed by atoms with van der Waals surface area (Å²) >= 11 is 0. The first-order valence-electron chi connectivity index (χ1n) is 7.95. The second kappa shape index (κ2) is 10.6. The van der Waals surface area contributed by atoms with Crippen LogP contribution in [0, 0.1) is 0 Å². The molecule has 1 aromatic rings. The Morgan fingerprint density at radius 1 is 1.43 bits per heavy atom. The largest absolute Gasteiger partial charge is 0.376 e. The molecule has 2 rings (SSSR count). The second-order valence-electron chi connectivity index (χ2n) is 5.63. The fourth-order valence-corrected chi connectivity index (χ4v) is 2.33. The highest BCUT2D eigenvalue weighted by Crippen LogP contribution is 2.11. The number of nitrogens with one attached hydrogen (secondary N) is 2. The standard InChI is InChI=1S/C16H27N5O.HI/c1-4-17-16(20-12-14-6-5-9-22-14)19-11-13-7-8-18-15(10-13)21(2)3;/h7-8,10,14H,4-6,9,11-12H2,1-3H3,(H2,17,19,20);1H. The Balaban J connectivity index is 0.00000264. The minimum Gasteiger partial charge on any atom is -0.376 e. The molecule has 1 fully saturated rings. The summed E-state index contributed by atoms with van der Waals surface area (Å²) in [6, 6.07) is 4.06. The van der Waals surface area contributed by atoms with E-state index in [0.717, 1.165) is 49.9 Å². The molecule has 130 valence electrons. The molecule has 7 heteroatoms. The Morgan fingerprint density at radius 3 is 2.91 bits per heavy atom. The van der Waals surface area contributed by atoms with Gasteiger partial charge in [-0.3, -0.25) is 0 Å². The first kappa shape index (κ1) is 20.0. The molecule has 0 aliphatic carbocycles. The summed E-state index contributed by atoms with van der Waals surface area (Å²) in [6.45, 7) is 5.23. The van der Waals surface area contributed by atoms with Gasteiger partial charge >= 0.3 is 0 Å². The molecule has 0 radical (unpaired) electrons. The number of anilines is 1. The predicted molar refractivity (Wildman–Crippen MR) is 106 cm³/mol. The van der Waals surface area contributed by atoms with E-state index in [2.05, 4.69) is 33.6 Å². The molecular weight excluding hydrogens is 405 g/mol. The van der Waals surface area contributed by atoms with Crippen LogP contribution < -0.4 is 15.5 Å². The van der Waals surface area contributed by atoms with Crippen molar-refractivity contribution in [1.82, 2.24) is 15.6 Å². The molecule has 23 heavy (non-hydrogen) atoms. The van der Waals surface area contributed by atoms with Crippen molar-refractivity contribution in [2.45, 2.75) is 32.4 Å². The van der Waals surface area contributed by atoms with E-state index in [-0.39, 0.29) is 24.0 Å². The zero-order chi connectivity index (χ0) is 15.8. The number of halogens is 1. The summed E-state index contributed by atoms with van der Waals surface area (Å²) in [5.74, 6) is 1.78. The second-order valence-corrected chi connectivity index (χ2v) is 5.63. The van der Waals surface area contributed by atoms with E-state index in [9.17, 15) is 0 Å². The van der Waals surface area contributed by atoms with Crippen molar-refractivity contribution in [2.75, 3.05) is 38.7 Å². The van der Waals surface area contributed by atoms with E-state index in [4.69, 9.17) is 4.74 Å². The molecule has 2 N–H and O–H groups in total. The Hall–Kier alpha value is -1.09. The van der Waals surface area contributed by atoms with Crippen LogP contribution >= 0.6 is 24.0 Å². The minimum atomic E-state index is 0. The quantitative estimate of drug-likeness (QED) is 0.408. The van der Waals surface area contributed by atoms with Gasteiger partial charge in [-0.2, -0.15) is 0 Å². The van der Waals surface area contributed by atoms with Gasteiger partial charge in [0, 0.05) is 40.0 Å². The lowest BCUT2D eigenvalue weighted by Crippen LogP contribution is -2.41. The van der Waals surface area contributed by atoms with Gasteiger partial charge in [-0.15, -0.1) is 24.0 Å². The smallest absolute Gasteiger partial charge is 0.191 e. The molecule has 1 saturated heterocycles. The molecule has 1 aliphatic heterocycles. The number of pyridine rings is 1. The molecule has 0 aromatic carbocycles. The van der Waals surface area contributed by atoms with Gasteiger partial charge in [-0.05, 0) is 37.5 Å². The van der Waals surface area contributed by atoms with Crippen LogP contribution in [0.15, 0.2) is 23.3 Å². The maximum Gasteiger partial charge on any atom is 0.191 e. The molecule has 1 unspecified atom stereocenters. The summed E-state index contributed by atoms with van der Waals surface area (Å²) in [7, 11) is 3.98. The Morgan fingerprint density at radius 2 is 2.26 bits per heavy atom. The Bertz CT molecular complexity index is 489. The number of ether oxygens (including phenoxy) is 1. The van der Waals surface area contributed by atoms with Crippen LogP contribution in [0.3, 0.4) is 0 Å².